The molecule has 0 saturated heterocycles. The normalized spacial score (nSPS) is 10.6. The lowest BCUT2D eigenvalue weighted by atomic mass is 10.1. The van der Waals surface area contributed by atoms with E-state index in [-0.39, 0.29) is 5.91 Å². The van der Waals surface area contributed by atoms with Crippen molar-refractivity contribution >= 4 is 45.7 Å². The Hall–Kier alpha value is -2.10. The van der Waals surface area contributed by atoms with Gasteiger partial charge in [0.2, 0.25) is 0 Å². The summed E-state index contributed by atoms with van der Waals surface area (Å²) in [6.07, 6.45) is 1.66. The van der Waals surface area contributed by atoms with Gasteiger partial charge < -0.3 is 5.32 Å². The van der Waals surface area contributed by atoms with Gasteiger partial charge in [0.1, 0.15) is 0 Å². The van der Waals surface area contributed by atoms with E-state index in [1.54, 1.807) is 48.7 Å². The third-order valence-corrected chi connectivity index (χ3v) is 3.74. The molecule has 5 heteroatoms. The maximum Gasteiger partial charge on any atom is 0.257 e. The van der Waals surface area contributed by atoms with Gasteiger partial charge >= 0.3 is 0 Å². The molecule has 0 unspecified atom stereocenters. The van der Waals surface area contributed by atoms with Gasteiger partial charge in [-0.25, -0.2) is 0 Å². The zero-order chi connectivity index (χ0) is 14.8. The average Bonchev–Trinajstić information content (AvgIpc) is 2.51. The van der Waals surface area contributed by atoms with Crippen molar-refractivity contribution in [3.63, 3.8) is 0 Å². The molecule has 0 aliphatic heterocycles. The van der Waals surface area contributed by atoms with Crippen LogP contribution < -0.4 is 5.32 Å². The van der Waals surface area contributed by atoms with Crippen LogP contribution in [0.5, 0.6) is 0 Å². The van der Waals surface area contributed by atoms with Crippen molar-refractivity contribution < 1.29 is 4.79 Å². The van der Waals surface area contributed by atoms with E-state index in [2.05, 4.69) is 10.3 Å². The molecule has 1 N–H and O–H groups in total. The highest BCUT2D eigenvalue weighted by atomic mass is 35.5. The molecule has 1 heterocycles. The first-order valence-electron chi connectivity index (χ1n) is 6.26. The molecule has 104 valence electrons. The number of anilines is 1. The molecular formula is C16H10Cl2N2O. The molecule has 2 aromatic carbocycles. The third-order valence-electron chi connectivity index (χ3n) is 3.08. The molecule has 0 aliphatic rings. The topological polar surface area (TPSA) is 42.0 Å². The maximum atomic E-state index is 12.3. The summed E-state index contributed by atoms with van der Waals surface area (Å²) in [5.74, 6) is -0.283. The number of fused-ring (bicyclic) bond motifs is 1. The molecule has 3 nitrogen and oxygen atoms in total. The molecule has 3 aromatic rings. The van der Waals surface area contributed by atoms with Gasteiger partial charge in [-0.2, -0.15) is 0 Å². The van der Waals surface area contributed by atoms with E-state index in [1.807, 2.05) is 6.07 Å². The summed E-state index contributed by atoms with van der Waals surface area (Å²) in [7, 11) is 0. The predicted molar refractivity (Wildman–Crippen MR) is 86.2 cm³/mol. The molecule has 1 amide bonds. The van der Waals surface area contributed by atoms with E-state index in [0.717, 1.165) is 5.39 Å². The number of hydrogen-bond acceptors (Lipinski definition) is 2. The molecule has 0 aliphatic carbocycles. The van der Waals surface area contributed by atoms with Crippen LogP contribution in [0.25, 0.3) is 10.9 Å². The molecule has 0 fully saturated rings. The van der Waals surface area contributed by atoms with E-state index in [9.17, 15) is 4.79 Å². The number of hydrogen-bond donors (Lipinski definition) is 1. The number of halogens is 2. The molecule has 21 heavy (non-hydrogen) atoms. The predicted octanol–water partition coefficient (Wildman–Crippen LogP) is 4.79. The van der Waals surface area contributed by atoms with Crippen LogP contribution in [0.15, 0.2) is 54.7 Å². The summed E-state index contributed by atoms with van der Waals surface area (Å²) < 4.78 is 0. The van der Waals surface area contributed by atoms with Gasteiger partial charge in [0.05, 0.1) is 26.8 Å². The Bertz CT molecular complexity index is 833. The van der Waals surface area contributed by atoms with Crippen LogP contribution in [0.3, 0.4) is 0 Å². The summed E-state index contributed by atoms with van der Waals surface area (Å²) in [6, 6.07) is 14.0. The lowest BCUT2D eigenvalue weighted by Crippen LogP contribution is -2.12. The smallest absolute Gasteiger partial charge is 0.257 e. The summed E-state index contributed by atoms with van der Waals surface area (Å²) in [5.41, 5.74) is 1.66. The van der Waals surface area contributed by atoms with E-state index in [4.69, 9.17) is 23.2 Å². The minimum Gasteiger partial charge on any atom is -0.320 e. The minimum atomic E-state index is -0.283. The molecule has 0 atom stereocenters. The monoisotopic (exact) mass is 316 g/mol. The second-order valence-corrected chi connectivity index (χ2v) is 5.24. The number of benzene rings is 2. The van der Waals surface area contributed by atoms with Crippen molar-refractivity contribution in [2.75, 3.05) is 5.32 Å². The molecular weight excluding hydrogens is 307 g/mol. The van der Waals surface area contributed by atoms with Crippen molar-refractivity contribution in [3.8, 4) is 0 Å². The first-order chi connectivity index (χ1) is 10.2. The van der Waals surface area contributed by atoms with E-state index >= 15 is 0 Å². The van der Waals surface area contributed by atoms with E-state index < -0.39 is 0 Å². The first kappa shape index (κ1) is 13.9. The van der Waals surface area contributed by atoms with Gasteiger partial charge in [0, 0.05) is 11.6 Å². The summed E-state index contributed by atoms with van der Waals surface area (Å²) in [5, 5.41) is 4.61. The van der Waals surface area contributed by atoms with E-state index in [1.165, 1.54) is 0 Å². The Morgan fingerprint density at radius 3 is 2.57 bits per heavy atom. The first-order valence-corrected chi connectivity index (χ1v) is 7.01. The largest absolute Gasteiger partial charge is 0.320 e. The van der Waals surface area contributed by atoms with Crippen LogP contribution in [0.2, 0.25) is 10.0 Å². The second kappa shape index (κ2) is 5.72. The van der Waals surface area contributed by atoms with Crippen LogP contribution in [0.1, 0.15) is 10.4 Å². The molecule has 0 radical (unpaired) electrons. The lowest BCUT2D eigenvalue weighted by Gasteiger charge is -2.09. The molecule has 0 spiro atoms. The maximum absolute atomic E-state index is 12.3. The van der Waals surface area contributed by atoms with Gasteiger partial charge in [-0.1, -0.05) is 35.3 Å². The highest BCUT2D eigenvalue weighted by Gasteiger charge is 2.12. The molecule has 0 bridgehead atoms. The molecule has 0 saturated carbocycles. The highest BCUT2D eigenvalue weighted by Crippen LogP contribution is 2.28. The zero-order valence-corrected chi connectivity index (χ0v) is 12.3. The fraction of sp³-hybridized carbons (Fsp3) is 0. The van der Waals surface area contributed by atoms with Gasteiger partial charge in [0.15, 0.2) is 0 Å². The van der Waals surface area contributed by atoms with Crippen molar-refractivity contribution in [1.82, 2.24) is 4.98 Å². The number of carbonyl (C=O) groups is 1. The van der Waals surface area contributed by atoms with Crippen LogP contribution >= 0.6 is 23.2 Å². The standard InChI is InChI=1S/C16H10Cl2N2O/c17-12-6-2-1-4-11(12)16(21)20-14-8-7-13(18)10-5-3-9-19-15(10)14/h1-9H,(H,20,21). The third kappa shape index (κ3) is 2.71. The molecule has 1 aromatic heterocycles. The second-order valence-electron chi connectivity index (χ2n) is 4.43. The van der Waals surface area contributed by atoms with Gasteiger partial charge in [-0.05, 0) is 36.4 Å². The Kier molecular flexibility index (Phi) is 3.78. The lowest BCUT2D eigenvalue weighted by molar-refractivity contribution is 0.102. The number of carbonyl (C=O) groups excluding carboxylic acids is 1. The Balaban J connectivity index is 2.01. The summed E-state index contributed by atoms with van der Waals surface area (Å²) in [4.78, 5) is 16.6. The number of aromatic nitrogens is 1. The number of nitrogens with one attached hydrogen (secondary N) is 1. The van der Waals surface area contributed by atoms with Crippen molar-refractivity contribution in [3.05, 3.63) is 70.3 Å². The number of pyridine rings is 1. The van der Waals surface area contributed by atoms with Crippen LogP contribution in [0, 0.1) is 0 Å². The summed E-state index contributed by atoms with van der Waals surface area (Å²) >= 11 is 12.2. The summed E-state index contributed by atoms with van der Waals surface area (Å²) in [6.45, 7) is 0. The van der Waals surface area contributed by atoms with Crippen molar-refractivity contribution in [1.29, 1.82) is 0 Å². The Labute approximate surface area is 131 Å². The Morgan fingerprint density at radius 2 is 1.76 bits per heavy atom. The fourth-order valence-corrected chi connectivity index (χ4v) is 2.51. The van der Waals surface area contributed by atoms with Crippen LogP contribution in [0.4, 0.5) is 5.69 Å². The van der Waals surface area contributed by atoms with Gasteiger partial charge in [0.25, 0.3) is 5.91 Å². The van der Waals surface area contributed by atoms with Crippen molar-refractivity contribution in [2.24, 2.45) is 0 Å². The van der Waals surface area contributed by atoms with Gasteiger partial charge in [-0.15, -0.1) is 0 Å². The Morgan fingerprint density at radius 1 is 0.952 bits per heavy atom. The van der Waals surface area contributed by atoms with Crippen LogP contribution in [-0.2, 0) is 0 Å². The quantitative estimate of drug-likeness (QED) is 0.738. The van der Waals surface area contributed by atoms with E-state index in [0.29, 0.717) is 26.8 Å². The number of rotatable bonds is 2. The van der Waals surface area contributed by atoms with Crippen LogP contribution in [-0.4, -0.2) is 10.9 Å². The molecule has 3 rings (SSSR count). The highest BCUT2D eigenvalue weighted by molar-refractivity contribution is 6.36. The average molecular weight is 317 g/mol. The number of amides is 1. The fourth-order valence-electron chi connectivity index (χ4n) is 2.07. The SMILES string of the molecule is O=C(Nc1ccc(Cl)c2cccnc12)c1ccccc1Cl. The van der Waals surface area contributed by atoms with Gasteiger partial charge in [-0.3, -0.25) is 9.78 Å². The van der Waals surface area contributed by atoms with Crippen molar-refractivity contribution in [2.45, 2.75) is 0 Å². The number of nitrogens with zero attached hydrogens (tertiary/aromatic N) is 1. The zero-order valence-electron chi connectivity index (χ0n) is 10.8. The minimum absolute atomic E-state index is 0.283.